The summed E-state index contributed by atoms with van der Waals surface area (Å²) in [4.78, 5) is 24.0. The molecule has 1 aromatic heterocycles. The molecular formula is C16H17ClN4O3S2. The lowest BCUT2D eigenvalue weighted by Gasteiger charge is -2.09. The number of halogens is 1. The van der Waals surface area contributed by atoms with Gasteiger partial charge < -0.3 is 15.4 Å². The third-order valence-electron chi connectivity index (χ3n) is 3.58. The van der Waals surface area contributed by atoms with Crippen LogP contribution in [0.3, 0.4) is 0 Å². The fraction of sp³-hybridized carbons (Fsp3) is 0.375. The van der Waals surface area contributed by atoms with E-state index in [9.17, 15) is 9.59 Å². The molecule has 2 heterocycles. The Hall–Kier alpha value is -1.68. The molecule has 1 fully saturated rings. The number of rotatable bonds is 7. The lowest BCUT2D eigenvalue weighted by atomic mass is 10.2. The highest BCUT2D eigenvalue weighted by Gasteiger charge is 2.17. The Kier molecular flexibility index (Phi) is 6.84. The second kappa shape index (κ2) is 9.31. The summed E-state index contributed by atoms with van der Waals surface area (Å²) in [5, 5.41) is 14.2. The Labute approximate surface area is 163 Å². The summed E-state index contributed by atoms with van der Waals surface area (Å²) in [6.07, 6.45) is 2.14. The molecule has 0 aliphatic carbocycles. The van der Waals surface area contributed by atoms with E-state index in [4.69, 9.17) is 16.3 Å². The highest BCUT2D eigenvalue weighted by Crippen LogP contribution is 2.23. The summed E-state index contributed by atoms with van der Waals surface area (Å²) in [7, 11) is 0. The minimum absolute atomic E-state index is 0.0899. The van der Waals surface area contributed by atoms with Crippen LogP contribution in [0, 0.1) is 0 Å². The maximum absolute atomic E-state index is 12.2. The predicted octanol–water partition coefficient (Wildman–Crippen LogP) is 2.83. The first-order valence-electron chi connectivity index (χ1n) is 8.01. The fourth-order valence-corrected chi connectivity index (χ4v) is 3.99. The smallest absolute Gasteiger partial charge is 0.286 e. The Morgan fingerprint density at radius 1 is 1.31 bits per heavy atom. The van der Waals surface area contributed by atoms with Gasteiger partial charge in [0.05, 0.1) is 11.9 Å². The molecule has 0 bridgehead atoms. The molecule has 7 nitrogen and oxygen atoms in total. The van der Waals surface area contributed by atoms with Crippen molar-refractivity contribution in [2.45, 2.75) is 23.3 Å². The first kappa shape index (κ1) is 19.1. The van der Waals surface area contributed by atoms with Crippen LogP contribution in [0.4, 0.5) is 5.69 Å². The summed E-state index contributed by atoms with van der Waals surface area (Å²) in [6, 6.07) is 6.78. The SMILES string of the molecule is O=C(CSc1nnc(C(=O)Nc2ccc(Cl)cc2)s1)NC[C@H]1CCCO1. The standard InChI is InChI=1S/C16H17ClN4O3S2/c17-10-3-5-11(6-4-10)19-14(23)15-20-21-16(26-15)25-9-13(22)18-8-12-2-1-7-24-12/h3-6,12H,1-2,7-9H2,(H,18,22)(H,19,23)/t12-/m1/s1. The van der Waals surface area contributed by atoms with Gasteiger partial charge in [0.2, 0.25) is 10.9 Å². The molecule has 0 saturated carbocycles. The van der Waals surface area contributed by atoms with E-state index in [1.54, 1.807) is 24.3 Å². The van der Waals surface area contributed by atoms with Crippen molar-refractivity contribution in [3.8, 4) is 0 Å². The van der Waals surface area contributed by atoms with Gasteiger partial charge in [-0.05, 0) is 37.1 Å². The number of ether oxygens (including phenoxy) is 1. The normalized spacial score (nSPS) is 16.4. The Bertz CT molecular complexity index is 763. The lowest BCUT2D eigenvalue weighted by molar-refractivity contribution is -0.119. The van der Waals surface area contributed by atoms with Crippen LogP contribution in [0.15, 0.2) is 28.6 Å². The van der Waals surface area contributed by atoms with Gasteiger partial charge >= 0.3 is 0 Å². The molecule has 0 radical (unpaired) electrons. The largest absolute Gasteiger partial charge is 0.376 e. The quantitative estimate of drug-likeness (QED) is 0.679. The Balaban J connectivity index is 1.44. The number of hydrogen-bond acceptors (Lipinski definition) is 7. The van der Waals surface area contributed by atoms with Crippen molar-refractivity contribution in [2.75, 3.05) is 24.2 Å². The van der Waals surface area contributed by atoms with Gasteiger partial charge in [-0.2, -0.15) is 0 Å². The number of benzene rings is 1. The van der Waals surface area contributed by atoms with Crippen LogP contribution in [0.25, 0.3) is 0 Å². The van der Waals surface area contributed by atoms with E-state index >= 15 is 0 Å². The number of aromatic nitrogens is 2. The molecular weight excluding hydrogens is 396 g/mol. The van der Waals surface area contributed by atoms with E-state index in [2.05, 4.69) is 20.8 Å². The van der Waals surface area contributed by atoms with Gasteiger partial charge in [-0.3, -0.25) is 9.59 Å². The van der Waals surface area contributed by atoms with Gasteiger partial charge in [0, 0.05) is 23.9 Å². The molecule has 3 rings (SSSR count). The van der Waals surface area contributed by atoms with E-state index < -0.39 is 0 Å². The monoisotopic (exact) mass is 412 g/mol. The van der Waals surface area contributed by atoms with Gasteiger partial charge in [-0.1, -0.05) is 34.7 Å². The maximum atomic E-state index is 12.2. The topological polar surface area (TPSA) is 93.2 Å². The zero-order valence-corrected chi connectivity index (χ0v) is 16.1. The summed E-state index contributed by atoms with van der Waals surface area (Å²) in [6.45, 7) is 1.30. The molecule has 26 heavy (non-hydrogen) atoms. The van der Waals surface area contributed by atoms with Crippen molar-refractivity contribution >= 4 is 52.2 Å². The zero-order chi connectivity index (χ0) is 18.4. The van der Waals surface area contributed by atoms with E-state index in [0.717, 1.165) is 30.8 Å². The number of carbonyl (C=O) groups is 2. The van der Waals surface area contributed by atoms with E-state index in [1.807, 2.05) is 0 Å². The number of anilines is 1. The van der Waals surface area contributed by atoms with Crippen molar-refractivity contribution in [2.24, 2.45) is 0 Å². The average molecular weight is 413 g/mol. The fourth-order valence-electron chi connectivity index (χ4n) is 2.29. The first-order valence-corrected chi connectivity index (χ1v) is 10.2. The van der Waals surface area contributed by atoms with E-state index in [-0.39, 0.29) is 28.7 Å². The number of carbonyl (C=O) groups excluding carboxylic acids is 2. The first-order chi connectivity index (χ1) is 12.6. The second-order valence-corrected chi connectivity index (χ2v) is 8.20. The number of nitrogens with zero attached hydrogens (tertiary/aromatic N) is 2. The van der Waals surface area contributed by atoms with Crippen molar-refractivity contribution in [3.05, 3.63) is 34.3 Å². The van der Waals surface area contributed by atoms with Crippen molar-refractivity contribution in [1.29, 1.82) is 0 Å². The van der Waals surface area contributed by atoms with Crippen LogP contribution in [-0.4, -0.2) is 47.0 Å². The Morgan fingerprint density at radius 3 is 2.85 bits per heavy atom. The molecule has 2 amide bonds. The third-order valence-corrected chi connectivity index (χ3v) is 5.89. The van der Waals surface area contributed by atoms with Crippen LogP contribution >= 0.6 is 34.7 Å². The summed E-state index contributed by atoms with van der Waals surface area (Å²) < 4.78 is 6.03. The molecule has 1 aliphatic rings. The predicted molar refractivity (Wildman–Crippen MR) is 102 cm³/mol. The number of nitrogens with one attached hydrogen (secondary N) is 2. The minimum Gasteiger partial charge on any atom is -0.376 e. The highest BCUT2D eigenvalue weighted by molar-refractivity contribution is 8.01. The van der Waals surface area contributed by atoms with E-state index in [0.29, 0.717) is 21.6 Å². The molecule has 2 aromatic rings. The van der Waals surface area contributed by atoms with Crippen LogP contribution in [0.5, 0.6) is 0 Å². The van der Waals surface area contributed by atoms with E-state index in [1.165, 1.54) is 11.8 Å². The molecule has 1 aromatic carbocycles. The number of thioether (sulfide) groups is 1. The second-order valence-electron chi connectivity index (χ2n) is 5.56. The molecule has 10 heteroatoms. The molecule has 0 unspecified atom stereocenters. The summed E-state index contributed by atoms with van der Waals surface area (Å²) in [5.74, 6) is -0.215. The highest BCUT2D eigenvalue weighted by atomic mass is 35.5. The van der Waals surface area contributed by atoms with Crippen molar-refractivity contribution < 1.29 is 14.3 Å². The van der Waals surface area contributed by atoms with Gasteiger partial charge in [0.25, 0.3) is 5.91 Å². The zero-order valence-electron chi connectivity index (χ0n) is 13.7. The van der Waals surface area contributed by atoms with Crippen LogP contribution in [0.1, 0.15) is 22.6 Å². The molecule has 2 N–H and O–H groups in total. The van der Waals surface area contributed by atoms with Gasteiger partial charge in [-0.15, -0.1) is 10.2 Å². The van der Waals surface area contributed by atoms with Gasteiger partial charge in [-0.25, -0.2) is 0 Å². The Morgan fingerprint density at radius 2 is 2.12 bits per heavy atom. The molecule has 138 valence electrons. The van der Waals surface area contributed by atoms with Crippen molar-refractivity contribution in [3.63, 3.8) is 0 Å². The van der Waals surface area contributed by atoms with Crippen LogP contribution in [-0.2, 0) is 9.53 Å². The van der Waals surface area contributed by atoms with Crippen LogP contribution < -0.4 is 10.6 Å². The number of amides is 2. The maximum Gasteiger partial charge on any atom is 0.286 e. The molecule has 0 spiro atoms. The van der Waals surface area contributed by atoms with Gasteiger partial charge in [0.15, 0.2) is 4.34 Å². The molecule has 1 atom stereocenters. The average Bonchev–Trinajstić information content (AvgIpc) is 3.32. The minimum atomic E-state index is -0.348. The summed E-state index contributed by atoms with van der Waals surface area (Å²) in [5.41, 5.74) is 0.623. The third kappa shape index (κ3) is 5.66. The molecule has 1 aliphatic heterocycles. The molecule has 1 saturated heterocycles. The van der Waals surface area contributed by atoms with Crippen LogP contribution in [0.2, 0.25) is 5.02 Å². The summed E-state index contributed by atoms with van der Waals surface area (Å²) >= 11 is 8.21. The lowest BCUT2D eigenvalue weighted by Crippen LogP contribution is -2.32. The van der Waals surface area contributed by atoms with Crippen molar-refractivity contribution in [1.82, 2.24) is 15.5 Å². The number of hydrogen-bond donors (Lipinski definition) is 2. The van der Waals surface area contributed by atoms with Gasteiger partial charge in [0.1, 0.15) is 0 Å².